The fourth-order valence-electron chi connectivity index (χ4n) is 1.33. The van der Waals surface area contributed by atoms with Gasteiger partial charge in [0.1, 0.15) is 0 Å². The predicted molar refractivity (Wildman–Crippen MR) is 51.9 cm³/mol. The van der Waals surface area contributed by atoms with Crippen molar-refractivity contribution in [2.75, 3.05) is 0 Å². The van der Waals surface area contributed by atoms with Gasteiger partial charge in [0.05, 0.1) is 0 Å². The summed E-state index contributed by atoms with van der Waals surface area (Å²) in [6.45, 7) is 4.30. The summed E-state index contributed by atoms with van der Waals surface area (Å²) >= 11 is 5.58. The number of halogens is 1. The fraction of sp³-hybridized carbons (Fsp3) is 0.778. The molecule has 0 aromatic carbocycles. The van der Waals surface area contributed by atoms with E-state index in [0.29, 0.717) is 11.8 Å². The molecule has 0 aliphatic heterocycles. The van der Waals surface area contributed by atoms with Crippen LogP contribution in [0.4, 0.5) is 0 Å². The zero-order chi connectivity index (χ0) is 9.68. The van der Waals surface area contributed by atoms with Gasteiger partial charge < -0.3 is 4.52 Å². The van der Waals surface area contributed by atoms with Gasteiger partial charge >= 0.3 is 0 Å². The number of nitrogens with zero attached hydrogens (tertiary/aromatic N) is 2. The van der Waals surface area contributed by atoms with Gasteiger partial charge in [-0.1, -0.05) is 26.7 Å². The Morgan fingerprint density at radius 2 is 2.23 bits per heavy atom. The Labute approximate surface area is 83.5 Å². The lowest BCUT2D eigenvalue weighted by atomic mass is 9.99. The molecule has 1 unspecified atom stereocenters. The molecule has 0 amide bonds. The highest BCUT2D eigenvalue weighted by Crippen LogP contribution is 2.24. The number of rotatable bonds is 5. The van der Waals surface area contributed by atoms with Crippen LogP contribution in [0.25, 0.3) is 0 Å². The largest absolute Gasteiger partial charge is 0.338 e. The van der Waals surface area contributed by atoms with E-state index >= 15 is 0 Å². The Hall–Kier alpha value is -0.570. The van der Waals surface area contributed by atoms with Crippen LogP contribution in [0.3, 0.4) is 0 Å². The summed E-state index contributed by atoms with van der Waals surface area (Å²) in [6.07, 6.45) is 4.51. The molecule has 4 heteroatoms. The highest BCUT2D eigenvalue weighted by Gasteiger charge is 2.15. The van der Waals surface area contributed by atoms with Gasteiger partial charge in [-0.3, -0.25) is 0 Å². The molecule has 0 saturated heterocycles. The molecule has 0 fully saturated rings. The van der Waals surface area contributed by atoms with Gasteiger partial charge in [-0.15, -0.1) is 0 Å². The third-order valence-electron chi connectivity index (χ3n) is 2.17. The molecule has 0 radical (unpaired) electrons. The molecule has 0 saturated carbocycles. The second-order valence-corrected chi connectivity index (χ2v) is 3.49. The van der Waals surface area contributed by atoms with E-state index in [-0.39, 0.29) is 5.28 Å². The normalized spacial score (nSPS) is 13.2. The summed E-state index contributed by atoms with van der Waals surface area (Å²) < 4.78 is 5.02. The Bertz CT molecular complexity index is 250. The molecule has 0 bridgehead atoms. The Kier molecular flexibility index (Phi) is 4.22. The van der Waals surface area contributed by atoms with Crippen molar-refractivity contribution in [3.8, 4) is 0 Å². The Balaban J connectivity index is 2.56. The Morgan fingerprint density at radius 1 is 1.46 bits per heavy atom. The quantitative estimate of drug-likeness (QED) is 0.735. The number of hydrogen-bond acceptors (Lipinski definition) is 3. The SMILES string of the molecule is CCCCC(CC)c1nc(Cl)no1. The van der Waals surface area contributed by atoms with Crippen molar-refractivity contribution in [2.45, 2.75) is 45.4 Å². The van der Waals surface area contributed by atoms with Crippen molar-refractivity contribution in [1.29, 1.82) is 0 Å². The van der Waals surface area contributed by atoms with Crippen LogP contribution in [-0.2, 0) is 0 Å². The number of unbranched alkanes of at least 4 members (excludes halogenated alkanes) is 1. The maximum atomic E-state index is 5.58. The first-order chi connectivity index (χ1) is 6.27. The maximum Gasteiger partial charge on any atom is 0.263 e. The van der Waals surface area contributed by atoms with Crippen molar-refractivity contribution in [3.63, 3.8) is 0 Å². The molecule has 13 heavy (non-hydrogen) atoms. The van der Waals surface area contributed by atoms with E-state index in [9.17, 15) is 0 Å². The third kappa shape index (κ3) is 2.99. The molecular weight excluding hydrogens is 188 g/mol. The van der Waals surface area contributed by atoms with Crippen molar-refractivity contribution in [1.82, 2.24) is 10.1 Å². The smallest absolute Gasteiger partial charge is 0.263 e. The molecule has 1 aromatic rings. The summed E-state index contributed by atoms with van der Waals surface area (Å²) in [5.41, 5.74) is 0. The van der Waals surface area contributed by atoms with E-state index < -0.39 is 0 Å². The first-order valence-electron chi connectivity index (χ1n) is 4.77. The summed E-state index contributed by atoms with van der Waals surface area (Å²) in [5, 5.41) is 3.79. The highest BCUT2D eigenvalue weighted by molar-refractivity contribution is 6.28. The van der Waals surface area contributed by atoms with Crippen molar-refractivity contribution < 1.29 is 4.52 Å². The summed E-state index contributed by atoms with van der Waals surface area (Å²) in [6, 6.07) is 0. The summed E-state index contributed by atoms with van der Waals surface area (Å²) in [4.78, 5) is 4.02. The lowest BCUT2D eigenvalue weighted by molar-refractivity contribution is 0.339. The summed E-state index contributed by atoms with van der Waals surface area (Å²) in [5.74, 6) is 1.06. The molecule has 3 nitrogen and oxygen atoms in total. The minimum Gasteiger partial charge on any atom is -0.338 e. The summed E-state index contributed by atoms with van der Waals surface area (Å²) in [7, 11) is 0. The third-order valence-corrected chi connectivity index (χ3v) is 2.32. The predicted octanol–water partition coefficient (Wildman–Crippen LogP) is 3.41. The average molecular weight is 203 g/mol. The van der Waals surface area contributed by atoms with Crippen LogP contribution in [0.1, 0.15) is 51.3 Å². The standard InChI is InChI=1S/C9H15ClN2O/c1-3-5-6-7(4-2)8-11-9(10)12-13-8/h7H,3-6H2,1-2H3. The molecule has 1 aromatic heterocycles. The monoisotopic (exact) mass is 202 g/mol. The van der Waals surface area contributed by atoms with Crippen LogP contribution >= 0.6 is 11.6 Å². The van der Waals surface area contributed by atoms with Crippen molar-refractivity contribution >= 4 is 11.6 Å². The topological polar surface area (TPSA) is 38.9 Å². The van der Waals surface area contributed by atoms with E-state index in [0.717, 1.165) is 12.8 Å². The van der Waals surface area contributed by atoms with Crippen LogP contribution in [0, 0.1) is 0 Å². The highest BCUT2D eigenvalue weighted by atomic mass is 35.5. The van der Waals surface area contributed by atoms with Crippen molar-refractivity contribution in [3.05, 3.63) is 11.2 Å². The van der Waals surface area contributed by atoms with Gasteiger partial charge in [-0.25, -0.2) is 0 Å². The van der Waals surface area contributed by atoms with E-state index in [4.69, 9.17) is 16.1 Å². The minimum atomic E-state index is 0.213. The molecular formula is C9H15ClN2O. The molecule has 0 aliphatic rings. The van der Waals surface area contributed by atoms with E-state index in [1.165, 1.54) is 12.8 Å². The van der Waals surface area contributed by atoms with Crippen LogP contribution in [-0.4, -0.2) is 10.1 Å². The lowest BCUT2D eigenvalue weighted by Crippen LogP contribution is -1.97. The van der Waals surface area contributed by atoms with Gasteiger partial charge in [0.2, 0.25) is 5.89 Å². The van der Waals surface area contributed by atoms with E-state index in [1.54, 1.807) is 0 Å². The van der Waals surface area contributed by atoms with Crippen molar-refractivity contribution in [2.24, 2.45) is 0 Å². The van der Waals surface area contributed by atoms with E-state index in [2.05, 4.69) is 24.0 Å². The molecule has 74 valence electrons. The minimum absolute atomic E-state index is 0.213. The zero-order valence-electron chi connectivity index (χ0n) is 8.09. The molecule has 0 aliphatic carbocycles. The molecule has 0 spiro atoms. The average Bonchev–Trinajstić information content (AvgIpc) is 2.54. The first-order valence-corrected chi connectivity index (χ1v) is 5.14. The second-order valence-electron chi connectivity index (χ2n) is 3.15. The first kappa shape index (κ1) is 10.5. The van der Waals surface area contributed by atoms with Gasteiger partial charge in [0.15, 0.2) is 0 Å². The lowest BCUT2D eigenvalue weighted by Gasteiger charge is -2.07. The van der Waals surface area contributed by atoms with Crippen LogP contribution in [0.2, 0.25) is 5.28 Å². The van der Waals surface area contributed by atoms with E-state index in [1.807, 2.05) is 0 Å². The van der Waals surface area contributed by atoms with Gasteiger partial charge in [-0.05, 0) is 29.6 Å². The molecule has 1 heterocycles. The number of hydrogen-bond donors (Lipinski definition) is 0. The Morgan fingerprint density at radius 3 is 2.69 bits per heavy atom. The van der Waals surface area contributed by atoms with Crippen LogP contribution in [0.5, 0.6) is 0 Å². The maximum absolute atomic E-state index is 5.58. The van der Waals surface area contributed by atoms with Crippen LogP contribution < -0.4 is 0 Å². The van der Waals surface area contributed by atoms with Gasteiger partial charge in [0, 0.05) is 5.92 Å². The molecule has 1 rings (SSSR count). The van der Waals surface area contributed by atoms with Gasteiger partial charge in [0.25, 0.3) is 5.28 Å². The zero-order valence-corrected chi connectivity index (χ0v) is 8.84. The molecule has 0 N–H and O–H groups in total. The molecule has 1 atom stereocenters. The fourth-order valence-corrected chi connectivity index (χ4v) is 1.45. The second kappa shape index (κ2) is 5.22. The number of aromatic nitrogens is 2. The van der Waals surface area contributed by atoms with Crippen LogP contribution in [0.15, 0.2) is 4.52 Å². The van der Waals surface area contributed by atoms with Gasteiger partial charge in [-0.2, -0.15) is 4.98 Å².